The van der Waals surface area contributed by atoms with Gasteiger partial charge in [0.2, 0.25) is 5.95 Å². The summed E-state index contributed by atoms with van der Waals surface area (Å²) < 4.78 is 12.3. The SMILES string of the molecule is COCCn1c(N2CCOCC2)nc2c(C(C)N)cc(C)cc2c1=O. The van der Waals surface area contributed by atoms with E-state index in [9.17, 15) is 4.79 Å². The first-order valence-corrected chi connectivity index (χ1v) is 8.65. The van der Waals surface area contributed by atoms with Crippen LogP contribution < -0.4 is 16.2 Å². The lowest BCUT2D eigenvalue weighted by Crippen LogP contribution is -2.41. The van der Waals surface area contributed by atoms with Crippen molar-refractivity contribution in [2.24, 2.45) is 5.73 Å². The Kier molecular flexibility index (Phi) is 5.36. The van der Waals surface area contributed by atoms with E-state index < -0.39 is 0 Å². The first kappa shape index (κ1) is 17.8. The fourth-order valence-electron chi connectivity index (χ4n) is 3.23. The van der Waals surface area contributed by atoms with Gasteiger partial charge in [0.15, 0.2) is 0 Å². The van der Waals surface area contributed by atoms with Gasteiger partial charge in [0, 0.05) is 26.2 Å². The van der Waals surface area contributed by atoms with Gasteiger partial charge in [0.05, 0.1) is 37.3 Å². The zero-order valence-electron chi connectivity index (χ0n) is 15.1. The van der Waals surface area contributed by atoms with Crippen molar-refractivity contribution in [3.63, 3.8) is 0 Å². The third kappa shape index (κ3) is 3.53. The van der Waals surface area contributed by atoms with E-state index in [1.54, 1.807) is 11.7 Å². The highest BCUT2D eigenvalue weighted by atomic mass is 16.5. The van der Waals surface area contributed by atoms with Crippen molar-refractivity contribution < 1.29 is 9.47 Å². The number of methoxy groups -OCH3 is 1. The molecule has 25 heavy (non-hydrogen) atoms. The van der Waals surface area contributed by atoms with Crippen molar-refractivity contribution in [2.75, 3.05) is 44.9 Å². The second-order valence-corrected chi connectivity index (χ2v) is 6.50. The van der Waals surface area contributed by atoms with Crippen LogP contribution in [0.1, 0.15) is 24.1 Å². The average molecular weight is 346 g/mol. The highest BCUT2D eigenvalue weighted by molar-refractivity contribution is 5.83. The fraction of sp³-hybridized carbons (Fsp3) is 0.556. The Labute approximate surface area is 147 Å². The fourth-order valence-corrected chi connectivity index (χ4v) is 3.23. The number of nitrogens with zero attached hydrogens (tertiary/aromatic N) is 3. The molecule has 0 radical (unpaired) electrons. The molecule has 2 aromatic rings. The van der Waals surface area contributed by atoms with E-state index in [4.69, 9.17) is 20.2 Å². The van der Waals surface area contributed by atoms with E-state index in [-0.39, 0.29) is 11.6 Å². The molecule has 1 fully saturated rings. The molecule has 7 nitrogen and oxygen atoms in total. The number of hydrogen-bond donors (Lipinski definition) is 1. The van der Waals surface area contributed by atoms with Crippen molar-refractivity contribution in [1.82, 2.24) is 9.55 Å². The highest BCUT2D eigenvalue weighted by Gasteiger charge is 2.21. The number of fused-ring (bicyclic) bond motifs is 1. The van der Waals surface area contributed by atoms with E-state index in [1.165, 1.54) is 0 Å². The first-order chi connectivity index (χ1) is 12.0. The maximum absolute atomic E-state index is 13.2. The Hall–Kier alpha value is -1.96. The van der Waals surface area contributed by atoms with Gasteiger partial charge in [-0.05, 0) is 31.0 Å². The number of benzene rings is 1. The summed E-state index contributed by atoms with van der Waals surface area (Å²) in [7, 11) is 1.63. The van der Waals surface area contributed by atoms with Crippen LogP contribution >= 0.6 is 0 Å². The number of hydrogen-bond acceptors (Lipinski definition) is 6. The zero-order valence-corrected chi connectivity index (χ0v) is 15.1. The topological polar surface area (TPSA) is 82.6 Å². The molecule has 1 aromatic heterocycles. The summed E-state index contributed by atoms with van der Waals surface area (Å²) in [6, 6.07) is 3.71. The standard InChI is InChI=1S/C18H26N4O3/c1-12-10-14(13(2)19)16-15(11-12)17(23)22(6-7-24-3)18(20-16)21-4-8-25-9-5-21/h10-11,13H,4-9,19H2,1-3H3. The van der Waals surface area contributed by atoms with Crippen LogP contribution in [0.2, 0.25) is 0 Å². The lowest BCUT2D eigenvalue weighted by Gasteiger charge is -2.30. The Morgan fingerprint density at radius 1 is 1.36 bits per heavy atom. The molecule has 0 bridgehead atoms. The number of aromatic nitrogens is 2. The summed E-state index contributed by atoms with van der Waals surface area (Å²) >= 11 is 0. The summed E-state index contributed by atoms with van der Waals surface area (Å²) in [5.74, 6) is 0.670. The molecule has 0 amide bonds. The predicted octanol–water partition coefficient (Wildman–Crippen LogP) is 1.21. The van der Waals surface area contributed by atoms with Crippen molar-refractivity contribution in [1.29, 1.82) is 0 Å². The van der Waals surface area contributed by atoms with E-state index in [1.807, 2.05) is 26.0 Å². The lowest BCUT2D eigenvalue weighted by molar-refractivity contribution is 0.121. The number of aryl methyl sites for hydroxylation is 1. The third-order valence-electron chi connectivity index (χ3n) is 4.52. The Morgan fingerprint density at radius 2 is 2.08 bits per heavy atom. The number of rotatable bonds is 5. The summed E-state index contributed by atoms with van der Waals surface area (Å²) in [5, 5.41) is 0.611. The lowest BCUT2D eigenvalue weighted by atomic mass is 10.0. The quantitative estimate of drug-likeness (QED) is 0.876. The van der Waals surface area contributed by atoms with Crippen LogP contribution in [-0.4, -0.2) is 49.6 Å². The van der Waals surface area contributed by atoms with Gasteiger partial charge in [-0.3, -0.25) is 9.36 Å². The minimum Gasteiger partial charge on any atom is -0.383 e. The summed E-state index contributed by atoms with van der Waals surface area (Å²) in [6.45, 7) is 7.50. The van der Waals surface area contributed by atoms with Crippen molar-refractivity contribution in [3.05, 3.63) is 33.6 Å². The minimum atomic E-state index is -0.193. The molecule has 1 aliphatic heterocycles. The molecule has 2 N–H and O–H groups in total. The van der Waals surface area contributed by atoms with Gasteiger partial charge in [-0.1, -0.05) is 6.07 Å². The Morgan fingerprint density at radius 3 is 2.72 bits per heavy atom. The van der Waals surface area contributed by atoms with Gasteiger partial charge in [0.1, 0.15) is 0 Å². The van der Waals surface area contributed by atoms with Gasteiger partial charge in [-0.2, -0.15) is 0 Å². The maximum Gasteiger partial charge on any atom is 0.262 e. The summed E-state index contributed by atoms with van der Waals surface area (Å²) in [4.78, 5) is 20.2. The molecule has 1 unspecified atom stereocenters. The van der Waals surface area contributed by atoms with Crippen LogP contribution in [0.3, 0.4) is 0 Å². The maximum atomic E-state index is 13.2. The van der Waals surface area contributed by atoms with Crippen molar-refractivity contribution >= 4 is 16.9 Å². The molecular weight excluding hydrogens is 320 g/mol. The Bertz CT molecular complexity index is 810. The molecule has 0 aliphatic carbocycles. The molecule has 3 rings (SSSR count). The molecular formula is C18H26N4O3. The second kappa shape index (κ2) is 7.51. The smallest absolute Gasteiger partial charge is 0.262 e. The second-order valence-electron chi connectivity index (χ2n) is 6.50. The Balaban J connectivity index is 2.25. The van der Waals surface area contributed by atoms with Gasteiger partial charge >= 0.3 is 0 Å². The zero-order chi connectivity index (χ0) is 18.0. The predicted molar refractivity (Wildman–Crippen MR) is 98.3 cm³/mol. The molecule has 1 saturated heterocycles. The summed E-state index contributed by atoms with van der Waals surface area (Å²) in [5.41, 5.74) is 8.70. The molecule has 7 heteroatoms. The first-order valence-electron chi connectivity index (χ1n) is 8.65. The molecule has 1 aromatic carbocycles. The minimum absolute atomic E-state index is 0.0471. The van der Waals surface area contributed by atoms with E-state index in [2.05, 4.69) is 4.90 Å². The highest BCUT2D eigenvalue weighted by Crippen LogP contribution is 2.24. The van der Waals surface area contributed by atoms with E-state index in [0.717, 1.165) is 11.1 Å². The number of anilines is 1. The van der Waals surface area contributed by atoms with Crippen LogP contribution in [0.5, 0.6) is 0 Å². The normalized spacial score (nSPS) is 16.4. The molecule has 1 aliphatic rings. The van der Waals surface area contributed by atoms with Crippen molar-refractivity contribution in [3.8, 4) is 0 Å². The van der Waals surface area contributed by atoms with Gasteiger partial charge < -0.3 is 20.1 Å². The van der Waals surface area contributed by atoms with Crippen LogP contribution in [0.4, 0.5) is 5.95 Å². The molecule has 1 atom stereocenters. The van der Waals surface area contributed by atoms with Gasteiger partial charge in [-0.15, -0.1) is 0 Å². The molecule has 0 saturated carbocycles. The molecule has 2 heterocycles. The summed E-state index contributed by atoms with van der Waals surface area (Å²) in [6.07, 6.45) is 0. The van der Waals surface area contributed by atoms with Crippen LogP contribution in [-0.2, 0) is 16.0 Å². The number of nitrogens with two attached hydrogens (primary N) is 1. The van der Waals surface area contributed by atoms with Crippen LogP contribution in [0.25, 0.3) is 10.9 Å². The van der Waals surface area contributed by atoms with E-state index in [0.29, 0.717) is 56.3 Å². The number of morpholine rings is 1. The largest absolute Gasteiger partial charge is 0.383 e. The van der Waals surface area contributed by atoms with Crippen molar-refractivity contribution in [2.45, 2.75) is 26.4 Å². The van der Waals surface area contributed by atoms with Gasteiger partial charge in [-0.25, -0.2) is 4.98 Å². The van der Waals surface area contributed by atoms with Crippen LogP contribution in [0.15, 0.2) is 16.9 Å². The number of ether oxygens (including phenoxy) is 2. The molecule has 0 spiro atoms. The third-order valence-corrected chi connectivity index (χ3v) is 4.52. The van der Waals surface area contributed by atoms with Crippen LogP contribution in [0, 0.1) is 6.92 Å². The average Bonchev–Trinajstić information content (AvgIpc) is 2.61. The monoisotopic (exact) mass is 346 g/mol. The van der Waals surface area contributed by atoms with E-state index >= 15 is 0 Å². The molecule has 136 valence electrons. The van der Waals surface area contributed by atoms with Gasteiger partial charge in [0.25, 0.3) is 5.56 Å².